The van der Waals surface area contributed by atoms with Crippen LogP contribution in [0.15, 0.2) is 12.2 Å². The minimum Gasteiger partial charge on any atom is -0.394 e. The summed E-state index contributed by atoms with van der Waals surface area (Å²) in [5.74, 6) is 0. The van der Waals surface area contributed by atoms with Gasteiger partial charge >= 0.3 is 0 Å². The number of hydrogen-bond acceptors (Lipinski definition) is 5. The van der Waals surface area contributed by atoms with Crippen LogP contribution in [0.3, 0.4) is 0 Å². The summed E-state index contributed by atoms with van der Waals surface area (Å²) in [5, 5.41) is 28.7. The molecule has 0 radical (unpaired) electrons. The molecule has 5 heteroatoms. The van der Waals surface area contributed by atoms with Crippen molar-refractivity contribution in [3.8, 4) is 0 Å². The first-order chi connectivity index (χ1) is 14.2. The Morgan fingerprint density at radius 2 is 1.41 bits per heavy atom. The van der Waals surface area contributed by atoms with Gasteiger partial charge in [0.25, 0.3) is 0 Å². The molecule has 1 heterocycles. The minimum absolute atomic E-state index is 0.0879. The maximum atomic E-state index is 9.82. The Kier molecular flexibility index (Phi) is 16.8. The molecule has 0 amide bonds. The van der Waals surface area contributed by atoms with Crippen LogP contribution in [0, 0.1) is 0 Å². The van der Waals surface area contributed by atoms with E-state index in [-0.39, 0.29) is 13.2 Å². The summed E-state index contributed by atoms with van der Waals surface area (Å²) in [7, 11) is 0. The smallest absolute Gasteiger partial charge is 0.114 e. The third-order valence-corrected chi connectivity index (χ3v) is 5.74. The zero-order chi connectivity index (χ0) is 21.2. The van der Waals surface area contributed by atoms with Gasteiger partial charge in [-0.05, 0) is 19.3 Å². The highest BCUT2D eigenvalue weighted by atomic mass is 16.6. The largest absolute Gasteiger partial charge is 0.394 e. The van der Waals surface area contributed by atoms with Gasteiger partial charge in [-0.1, -0.05) is 89.7 Å². The molecule has 1 rings (SSSR count). The van der Waals surface area contributed by atoms with Crippen LogP contribution in [-0.4, -0.2) is 59.6 Å². The zero-order valence-electron chi connectivity index (χ0n) is 18.6. The van der Waals surface area contributed by atoms with E-state index >= 15 is 0 Å². The first-order valence-corrected chi connectivity index (χ1v) is 12.1. The Hall–Kier alpha value is -0.460. The summed E-state index contributed by atoms with van der Waals surface area (Å²) in [6, 6.07) is 0. The minimum atomic E-state index is -0.992. The fourth-order valence-electron chi connectivity index (χ4n) is 3.83. The quantitative estimate of drug-likeness (QED) is 0.214. The Balaban J connectivity index is 1.87. The van der Waals surface area contributed by atoms with Gasteiger partial charge in [0.1, 0.15) is 24.4 Å². The molecule has 0 bridgehead atoms. The van der Waals surface area contributed by atoms with E-state index < -0.39 is 24.4 Å². The van der Waals surface area contributed by atoms with Crippen molar-refractivity contribution < 1.29 is 24.8 Å². The van der Waals surface area contributed by atoms with Gasteiger partial charge in [0.2, 0.25) is 0 Å². The summed E-state index contributed by atoms with van der Waals surface area (Å²) in [4.78, 5) is 0. The molecular weight excluding hydrogens is 368 g/mol. The number of rotatable bonds is 19. The van der Waals surface area contributed by atoms with E-state index in [4.69, 9.17) is 9.47 Å². The van der Waals surface area contributed by atoms with Gasteiger partial charge < -0.3 is 24.8 Å². The summed E-state index contributed by atoms with van der Waals surface area (Å²) < 4.78 is 10.9. The molecule has 5 nitrogen and oxygen atoms in total. The van der Waals surface area contributed by atoms with Crippen LogP contribution in [0.25, 0.3) is 0 Å². The van der Waals surface area contributed by atoms with Crippen molar-refractivity contribution in [2.45, 2.75) is 121 Å². The van der Waals surface area contributed by atoms with E-state index in [0.29, 0.717) is 6.61 Å². The standard InChI is InChI=1S/C24H46O5/c1-2-3-4-5-6-7-8-9-10-11-12-13-14-15-16-17-18-28-22(19-25)24-23(27)21(26)20-29-24/h15-16,21-27H,2-14,17-20H2,1H3/b16-15+/t21-,22+,23-,24-/m0/s1. The molecule has 172 valence electrons. The lowest BCUT2D eigenvalue weighted by Crippen LogP contribution is -2.42. The number of unbranched alkanes of at least 4 members (excludes halogenated alkanes) is 12. The van der Waals surface area contributed by atoms with E-state index in [1.165, 1.54) is 77.0 Å². The molecule has 4 atom stereocenters. The van der Waals surface area contributed by atoms with Crippen molar-refractivity contribution in [1.82, 2.24) is 0 Å². The third kappa shape index (κ3) is 12.7. The molecule has 1 aliphatic rings. The first kappa shape index (κ1) is 26.6. The van der Waals surface area contributed by atoms with Crippen LogP contribution in [0.4, 0.5) is 0 Å². The maximum Gasteiger partial charge on any atom is 0.114 e. The van der Waals surface area contributed by atoms with Crippen molar-refractivity contribution in [2.75, 3.05) is 19.8 Å². The van der Waals surface area contributed by atoms with Gasteiger partial charge in [-0.2, -0.15) is 0 Å². The molecule has 1 fully saturated rings. The van der Waals surface area contributed by atoms with Crippen molar-refractivity contribution >= 4 is 0 Å². The van der Waals surface area contributed by atoms with Crippen molar-refractivity contribution in [2.24, 2.45) is 0 Å². The van der Waals surface area contributed by atoms with Crippen LogP contribution in [0.2, 0.25) is 0 Å². The fraction of sp³-hybridized carbons (Fsp3) is 0.917. The summed E-state index contributed by atoms with van der Waals surface area (Å²) in [6.07, 6.45) is 19.6. The number of hydrogen-bond donors (Lipinski definition) is 3. The highest BCUT2D eigenvalue weighted by Gasteiger charge is 2.40. The second-order valence-corrected chi connectivity index (χ2v) is 8.39. The molecule has 1 aliphatic heterocycles. The lowest BCUT2D eigenvalue weighted by atomic mass is 10.0. The van der Waals surface area contributed by atoms with Crippen LogP contribution in [-0.2, 0) is 9.47 Å². The normalized spacial score (nSPS) is 23.2. The van der Waals surface area contributed by atoms with Crippen molar-refractivity contribution in [3.63, 3.8) is 0 Å². The van der Waals surface area contributed by atoms with E-state index in [2.05, 4.69) is 19.1 Å². The van der Waals surface area contributed by atoms with Crippen LogP contribution in [0.5, 0.6) is 0 Å². The third-order valence-electron chi connectivity index (χ3n) is 5.74. The molecule has 0 spiro atoms. The van der Waals surface area contributed by atoms with E-state index in [1.807, 2.05) is 0 Å². The number of ether oxygens (including phenoxy) is 2. The highest BCUT2D eigenvalue weighted by Crippen LogP contribution is 2.19. The van der Waals surface area contributed by atoms with Crippen LogP contribution < -0.4 is 0 Å². The topological polar surface area (TPSA) is 79.2 Å². The Morgan fingerprint density at radius 3 is 1.93 bits per heavy atom. The monoisotopic (exact) mass is 414 g/mol. The van der Waals surface area contributed by atoms with E-state index in [9.17, 15) is 15.3 Å². The average molecular weight is 415 g/mol. The van der Waals surface area contributed by atoms with Gasteiger partial charge in [-0.15, -0.1) is 0 Å². The molecule has 0 unspecified atom stereocenters. The fourth-order valence-corrected chi connectivity index (χ4v) is 3.83. The first-order valence-electron chi connectivity index (χ1n) is 12.1. The van der Waals surface area contributed by atoms with Gasteiger partial charge in [0, 0.05) is 0 Å². The average Bonchev–Trinajstić information content (AvgIpc) is 3.06. The predicted molar refractivity (Wildman–Crippen MR) is 118 cm³/mol. The van der Waals surface area contributed by atoms with Crippen LogP contribution in [0.1, 0.15) is 96.8 Å². The molecule has 0 aromatic heterocycles. The SMILES string of the molecule is CCCCCCCCCCCCCC/C=C/CCO[C@H](CO)[C@@H]1OC[C@H](O)[C@@H]1O. The molecule has 0 aliphatic carbocycles. The van der Waals surface area contributed by atoms with Crippen molar-refractivity contribution in [1.29, 1.82) is 0 Å². The van der Waals surface area contributed by atoms with Gasteiger partial charge in [-0.25, -0.2) is 0 Å². The summed E-state index contributed by atoms with van der Waals surface area (Å²) in [5.41, 5.74) is 0. The van der Waals surface area contributed by atoms with E-state index in [1.54, 1.807) is 0 Å². The number of aliphatic hydroxyl groups is 3. The second kappa shape index (κ2) is 18.3. The van der Waals surface area contributed by atoms with E-state index in [0.717, 1.165) is 12.8 Å². The Labute approximate surface area is 178 Å². The predicted octanol–water partition coefficient (Wildman–Crippen LogP) is 4.52. The molecule has 0 aromatic rings. The highest BCUT2D eigenvalue weighted by molar-refractivity contribution is 4.89. The van der Waals surface area contributed by atoms with Gasteiger partial charge in [-0.3, -0.25) is 0 Å². The Morgan fingerprint density at radius 1 is 0.862 bits per heavy atom. The van der Waals surface area contributed by atoms with Crippen molar-refractivity contribution in [3.05, 3.63) is 12.2 Å². The summed E-state index contributed by atoms with van der Waals surface area (Å²) in [6.45, 7) is 2.61. The van der Waals surface area contributed by atoms with Gasteiger partial charge in [0.15, 0.2) is 0 Å². The van der Waals surface area contributed by atoms with Crippen LogP contribution >= 0.6 is 0 Å². The maximum absolute atomic E-state index is 9.82. The molecule has 1 saturated heterocycles. The Bertz CT molecular complexity index is 387. The number of allylic oxidation sites excluding steroid dienone is 1. The molecule has 29 heavy (non-hydrogen) atoms. The number of aliphatic hydroxyl groups excluding tert-OH is 3. The zero-order valence-corrected chi connectivity index (χ0v) is 18.6. The molecule has 0 saturated carbocycles. The molecular formula is C24H46O5. The lowest BCUT2D eigenvalue weighted by Gasteiger charge is -2.24. The molecule has 0 aromatic carbocycles. The molecule has 3 N–H and O–H groups in total. The van der Waals surface area contributed by atoms with Gasteiger partial charge in [0.05, 0.1) is 19.8 Å². The second-order valence-electron chi connectivity index (χ2n) is 8.39. The summed E-state index contributed by atoms with van der Waals surface area (Å²) >= 11 is 0. The lowest BCUT2D eigenvalue weighted by molar-refractivity contribution is -0.0996.